The molecule has 6 heteroatoms. The first-order valence-corrected chi connectivity index (χ1v) is 7.03. The third-order valence-corrected chi connectivity index (χ3v) is 4.14. The zero-order chi connectivity index (χ0) is 13.0. The van der Waals surface area contributed by atoms with Gasteiger partial charge in [-0.1, -0.05) is 0 Å². The van der Waals surface area contributed by atoms with E-state index < -0.39 is 0 Å². The van der Waals surface area contributed by atoms with Crippen LogP contribution in [0, 0.1) is 10.1 Å². The first-order chi connectivity index (χ1) is 8.70. The maximum absolute atomic E-state index is 11.0. The lowest BCUT2D eigenvalue weighted by Gasteiger charge is -2.23. The summed E-state index contributed by atoms with van der Waals surface area (Å²) in [5.41, 5.74) is 0.651. The fourth-order valence-corrected chi connectivity index (χ4v) is 3.06. The Labute approximate surface area is 110 Å². The van der Waals surface area contributed by atoms with E-state index in [0.29, 0.717) is 17.5 Å². The topological polar surface area (TPSA) is 64.4 Å². The van der Waals surface area contributed by atoms with Gasteiger partial charge in [0, 0.05) is 11.8 Å². The van der Waals surface area contributed by atoms with Gasteiger partial charge in [-0.3, -0.25) is 10.1 Å². The highest BCUT2D eigenvalue weighted by Crippen LogP contribution is 2.31. The molecular formula is C12H16N2O3S. The lowest BCUT2D eigenvalue weighted by Crippen LogP contribution is -2.26. The predicted octanol–water partition coefficient (Wildman–Crippen LogP) is 2.91. The van der Waals surface area contributed by atoms with Gasteiger partial charge < -0.3 is 10.1 Å². The second-order valence-electron chi connectivity index (χ2n) is 4.20. The van der Waals surface area contributed by atoms with Crippen LogP contribution < -0.4 is 10.1 Å². The molecule has 0 radical (unpaired) electrons. The second kappa shape index (κ2) is 5.95. The number of nitrogens with one attached hydrogen (secondary N) is 1. The van der Waals surface area contributed by atoms with Crippen LogP contribution in [0.1, 0.15) is 12.8 Å². The molecule has 2 rings (SSSR count). The van der Waals surface area contributed by atoms with Gasteiger partial charge in [-0.2, -0.15) is 11.8 Å². The van der Waals surface area contributed by atoms with Crippen LogP contribution in [0.4, 0.5) is 11.4 Å². The number of hydrogen-bond donors (Lipinski definition) is 1. The zero-order valence-electron chi connectivity index (χ0n) is 10.2. The van der Waals surface area contributed by atoms with Crippen molar-refractivity contribution in [2.75, 3.05) is 23.9 Å². The minimum absolute atomic E-state index is 0.0740. The summed E-state index contributed by atoms with van der Waals surface area (Å²) in [5.74, 6) is 2.69. The van der Waals surface area contributed by atoms with Gasteiger partial charge in [0.25, 0.3) is 5.69 Å². The maximum atomic E-state index is 11.0. The minimum atomic E-state index is -0.374. The molecule has 0 saturated carbocycles. The zero-order valence-corrected chi connectivity index (χ0v) is 11.0. The van der Waals surface area contributed by atoms with E-state index in [9.17, 15) is 10.1 Å². The van der Waals surface area contributed by atoms with Crippen LogP contribution >= 0.6 is 11.8 Å². The summed E-state index contributed by atoms with van der Waals surface area (Å²) in [4.78, 5) is 10.7. The van der Waals surface area contributed by atoms with Crippen LogP contribution in [-0.2, 0) is 0 Å². The number of hydrogen-bond acceptors (Lipinski definition) is 5. The van der Waals surface area contributed by atoms with E-state index in [2.05, 4.69) is 5.32 Å². The third kappa shape index (κ3) is 3.07. The number of rotatable bonds is 4. The van der Waals surface area contributed by atoms with Gasteiger partial charge in [0.2, 0.25) is 0 Å². The highest BCUT2D eigenvalue weighted by molar-refractivity contribution is 7.99. The van der Waals surface area contributed by atoms with Gasteiger partial charge in [0.15, 0.2) is 0 Å². The van der Waals surface area contributed by atoms with E-state index >= 15 is 0 Å². The monoisotopic (exact) mass is 268 g/mol. The van der Waals surface area contributed by atoms with Gasteiger partial charge in [-0.05, 0) is 30.7 Å². The highest BCUT2D eigenvalue weighted by Gasteiger charge is 2.19. The standard InChI is InChI=1S/C12H16N2O3S/c1-17-10-4-5-11(12(7-10)14(15)16)13-9-3-2-6-18-8-9/h4-5,7,9,13H,2-3,6,8H2,1H3. The molecule has 0 amide bonds. The molecule has 1 fully saturated rings. The van der Waals surface area contributed by atoms with Crippen molar-refractivity contribution in [2.45, 2.75) is 18.9 Å². The number of nitro groups is 1. The first kappa shape index (κ1) is 13.0. The molecule has 1 aliphatic heterocycles. The summed E-state index contributed by atoms with van der Waals surface area (Å²) in [5, 5.41) is 14.3. The van der Waals surface area contributed by atoms with Gasteiger partial charge in [-0.25, -0.2) is 0 Å². The van der Waals surface area contributed by atoms with Crippen molar-refractivity contribution >= 4 is 23.1 Å². The molecule has 1 heterocycles. The number of benzene rings is 1. The number of methoxy groups -OCH3 is 1. The number of anilines is 1. The van der Waals surface area contributed by atoms with Crippen LogP contribution in [0.25, 0.3) is 0 Å². The van der Waals surface area contributed by atoms with E-state index in [1.54, 1.807) is 12.1 Å². The van der Waals surface area contributed by atoms with Crippen molar-refractivity contribution in [1.29, 1.82) is 0 Å². The third-order valence-electron chi connectivity index (χ3n) is 2.92. The van der Waals surface area contributed by atoms with E-state index in [1.165, 1.54) is 18.9 Å². The van der Waals surface area contributed by atoms with Crippen molar-refractivity contribution in [1.82, 2.24) is 0 Å². The van der Waals surface area contributed by atoms with E-state index in [1.807, 2.05) is 11.8 Å². The SMILES string of the molecule is COc1ccc(NC2CCCSC2)c([N+](=O)[O-])c1. The predicted molar refractivity (Wildman–Crippen MR) is 73.6 cm³/mol. The summed E-state index contributed by atoms with van der Waals surface area (Å²) in [6.07, 6.45) is 2.22. The van der Waals surface area contributed by atoms with Crippen molar-refractivity contribution in [3.8, 4) is 5.75 Å². The molecular weight excluding hydrogens is 252 g/mol. The molecule has 18 heavy (non-hydrogen) atoms. The summed E-state index contributed by atoms with van der Waals surface area (Å²) in [6.45, 7) is 0. The molecule has 1 aromatic carbocycles. The van der Waals surface area contributed by atoms with Gasteiger partial charge in [0.1, 0.15) is 11.4 Å². The van der Waals surface area contributed by atoms with E-state index in [0.717, 1.165) is 18.6 Å². The van der Waals surface area contributed by atoms with Crippen LogP contribution in [0.3, 0.4) is 0 Å². The average molecular weight is 268 g/mol. The molecule has 1 aliphatic rings. The smallest absolute Gasteiger partial charge is 0.296 e. The van der Waals surface area contributed by atoms with Crippen molar-refractivity contribution in [3.05, 3.63) is 28.3 Å². The maximum Gasteiger partial charge on any atom is 0.296 e. The molecule has 0 aliphatic carbocycles. The Morgan fingerprint density at radius 1 is 1.56 bits per heavy atom. The summed E-state index contributed by atoms with van der Waals surface area (Å²) >= 11 is 1.89. The fraction of sp³-hybridized carbons (Fsp3) is 0.500. The Kier molecular flexibility index (Phi) is 4.30. The Bertz CT molecular complexity index is 433. The van der Waals surface area contributed by atoms with Crippen LogP contribution in [0.2, 0.25) is 0 Å². The molecule has 98 valence electrons. The molecule has 1 saturated heterocycles. The Morgan fingerprint density at radius 3 is 3.00 bits per heavy atom. The van der Waals surface area contributed by atoms with Crippen molar-refractivity contribution in [2.24, 2.45) is 0 Å². The normalized spacial score (nSPS) is 19.3. The quantitative estimate of drug-likeness (QED) is 0.672. The van der Waals surface area contributed by atoms with Crippen molar-refractivity contribution < 1.29 is 9.66 Å². The van der Waals surface area contributed by atoms with Crippen LogP contribution in [0.5, 0.6) is 5.75 Å². The minimum Gasteiger partial charge on any atom is -0.496 e. The Hall–Kier alpha value is -1.43. The van der Waals surface area contributed by atoms with Crippen LogP contribution in [0.15, 0.2) is 18.2 Å². The Morgan fingerprint density at radius 2 is 2.39 bits per heavy atom. The lowest BCUT2D eigenvalue weighted by molar-refractivity contribution is -0.384. The van der Waals surface area contributed by atoms with E-state index in [-0.39, 0.29) is 10.6 Å². The number of thioether (sulfide) groups is 1. The molecule has 0 bridgehead atoms. The average Bonchev–Trinajstić information content (AvgIpc) is 2.40. The number of ether oxygens (including phenoxy) is 1. The molecule has 1 N–H and O–H groups in total. The summed E-state index contributed by atoms with van der Waals surface area (Å²) < 4.78 is 5.01. The largest absolute Gasteiger partial charge is 0.496 e. The van der Waals surface area contributed by atoms with Gasteiger partial charge in [-0.15, -0.1) is 0 Å². The van der Waals surface area contributed by atoms with E-state index in [4.69, 9.17) is 4.74 Å². The molecule has 0 spiro atoms. The lowest BCUT2D eigenvalue weighted by atomic mass is 10.1. The van der Waals surface area contributed by atoms with Crippen molar-refractivity contribution in [3.63, 3.8) is 0 Å². The molecule has 5 nitrogen and oxygen atoms in total. The summed E-state index contributed by atoms with van der Waals surface area (Å²) in [7, 11) is 1.50. The highest BCUT2D eigenvalue weighted by atomic mass is 32.2. The van der Waals surface area contributed by atoms with Crippen LogP contribution in [-0.4, -0.2) is 29.6 Å². The first-order valence-electron chi connectivity index (χ1n) is 5.87. The summed E-state index contributed by atoms with van der Waals surface area (Å²) in [6, 6.07) is 5.23. The molecule has 1 atom stereocenters. The van der Waals surface area contributed by atoms with Gasteiger partial charge >= 0.3 is 0 Å². The number of nitro benzene ring substituents is 1. The van der Waals surface area contributed by atoms with Gasteiger partial charge in [0.05, 0.1) is 18.1 Å². The number of nitrogens with zero attached hydrogens (tertiary/aromatic N) is 1. The second-order valence-corrected chi connectivity index (χ2v) is 5.35. The molecule has 1 aromatic rings. The molecule has 1 unspecified atom stereocenters. The fourth-order valence-electron chi connectivity index (χ4n) is 1.99. The molecule has 0 aromatic heterocycles. The Balaban J connectivity index is 2.17.